The third-order valence-corrected chi connectivity index (χ3v) is 2.94. The second-order valence-corrected chi connectivity index (χ2v) is 4.76. The number of ketones is 1. The van der Waals surface area contributed by atoms with Gasteiger partial charge in [0.05, 0.1) is 6.61 Å². The van der Waals surface area contributed by atoms with E-state index >= 15 is 0 Å². The predicted octanol–water partition coefficient (Wildman–Crippen LogP) is 4.06. The lowest BCUT2D eigenvalue weighted by molar-refractivity contribution is -0.152. The zero-order valence-corrected chi connectivity index (χ0v) is 12.6. The SMILES string of the molecule is CCC=CCC(C(=O)CCC)C(=O)OCCCCC. The third-order valence-electron chi connectivity index (χ3n) is 2.94. The first-order valence-corrected chi connectivity index (χ1v) is 7.51. The van der Waals surface area contributed by atoms with Crippen molar-refractivity contribution in [2.24, 2.45) is 5.92 Å². The van der Waals surface area contributed by atoms with Crippen LogP contribution in [0.5, 0.6) is 0 Å². The van der Waals surface area contributed by atoms with Crippen molar-refractivity contribution in [1.29, 1.82) is 0 Å². The highest BCUT2D eigenvalue weighted by atomic mass is 16.5. The van der Waals surface area contributed by atoms with E-state index in [1.165, 1.54) is 0 Å². The number of unbranched alkanes of at least 4 members (excludes halogenated alkanes) is 2. The Morgan fingerprint density at radius 2 is 1.79 bits per heavy atom. The molecule has 0 saturated heterocycles. The van der Waals surface area contributed by atoms with Crippen LogP contribution in [0, 0.1) is 5.92 Å². The van der Waals surface area contributed by atoms with Crippen molar-refractivity contribution in [3.63, 3.8) is 0 Å². The van der Waals surface area contributed by atoms with E-state index in [-0.39, 0.29) is 11.8 Å². The molecule has 3 heteroatoms. The fourth-order valence-electron chi connectivity index (χ4n) is 1.80. The molecule has 3 nitrogen and oxygen atoms in total. The number of hydrogen-bond acceptors (Lipinski definition) is 3. The summed E-state index contributed by atoms with van der Waals surface area (Å²) < 4.78 is 5.21. The highest BCUT2D eigenvalue weighted by Gasteiger charge is 2.25. The van der Waals surface area contributed by atoms with Crippen LogP contribution < -0.4 is 0 Å². The predicted molar refractivity (Wildman–Crippen MR) is 77.9 cm³/mol. The Hall–Kier alpha value is -1.12. The van der Waals surface area contributed by atoms with E-state index < -0.39 is 5.92 Å². The fourth-order valence-corrected chi connectivity index (χ4v) is 1.80. The Bertz CT molecular complexity index is 282. The fraction of sp³-hybridized carbons (Fsp3) is 0.750. The largest absolute Gasteiger partial charge is 0.465 e. The molecule has 1 atom stereocenters. The molecular formula is C16H28O3. The van der Waals surface area contributed by atoms with Crippen molar-refractivity contribution in [1.82, 2.24) is 0 Å². The summed E-state index contributed by atoms with van der Waals surface area (Å²) in [6.07, 6.45) is 9.53. The molecule has 0 radical (unpaired) electrons. The Balaban J connectivity index is 4.32. The molecule has 110 valence electrons. The molecule has 0 spiro atoms. The lowest BCUT2D eigenvalue weighted by atomic mass is 9.96. The number of esters is 1. The van der Waals surface area contributed by atoms with Crippen LogP contribution in [0.1, 0.15) is 65.7 Å². The summed E-state index contributed by atoms with van der Waals surface area (Å²) in [6.45, 7) is 6.51. The van der Waals surface area contributed by atoms with Gasteiger partial charge in [0.15, 0.2) is 0 Å². The molecule has 0 aliphatic carbocycles. The van der Waals surface area contributed by atoms with Gasteiger partial charge in [0.25, 0.3) is 0 Å². The molecule has 0 rings (SSSR count). The van der Waals surface area contributed by atoms with Crippen molar-refractivity contribution in [2.45, 2.75) is 65.7 Å². The summed E-state index contributed by atoms with van der Waals surface area (Å²) in [4.78, 5) is 23.9. The van der Waals surface area contributed by atoms with Gasteiger partial charge in [0.1, 0.15) is 11.7 Å². The van der Waals surface area contributed by atoms with Gasteiger partial charge in [-0.2, -0.15) is 0 Å². The van der Waals surface area contributed by atoms with E-state index in [4.69, 9.17) is 4.74 Å². The van der Waals surface area contributed by atoms with Crippen LogP contribution >= 0.6 is 0 Å². The number of Topliss-reactive ketones (excluding diaryl/α,β-unsaturated/α-hetero) is 1. The first-order chi connectivity index (χ1) is 9.17. The van der Waals surface area contributed by atoms with E-state index in [1.54, 1.807) is 0 Å². The summed E-state index contributed by atoms with van der Waals surface area (Å²) in [5.74, 6) is -0.955. The molecule has 0 saturated carbocycles. The van der Waals surface area contributed by atoms with Gasteiger partial charge in [-0.05, 0) is 25.7 Å². The molecule has 0 heterocycles. The molecule has 0 amide bonds. The Morgan fingerprint density at radius 3 is 2.37 bits per heavy atom. The van der Waals surface area contributed by atoms with Crippen LogP contribution in [-0.2, 0) is 14.3 Å². The van der Waals surface area contributed by atoms with Gasteiger partial charge < -0.3 is 4.74 Å². The minimum atomic E-state index is -0.607. The lowest BCUT2D eigenvalue weighted by Crippen LogP contribution is -2.26. The summed E-state index contributed by atoms with van der Waals surface area (Å²) in [5.41, 5.74) is 0. The van der Waals surface area contributed by atoms with Crippen molar-refractivity contribution in [3.8, 4) is 0 Å². The van der Waals surface area contributed by atoms with Crippen molar-refractivity contribution in [3.05, 3.63) is 12.2 Å². The van der Waals surface area contributed by atoms with Gasteiger partial charge in [-0.15, -0.1) is 0 Å². The normalized spacial score (nSPS) is 12.6. The van der Waals surface area contributed by atoms with Crippen molar-refractivity contribution >= 4 is 11.8 Å². The van der Waals surface area contributed by atoms with Crippen LogP contribution in [0.2, 0.25) is 0 Å². The molecule has 0 fully saturated rings. The van der Waals surface area contributed by atoms with E-state index in [2.05, 4.69) is 6.92 Å². The molecule has 19 heavy (non-hydrogen) atoms. The van der Waals surface area contributed by atoms with Gasteiger partial charge in [-0.1, -0.05) is 45.8 Å². The van der Waals surface area contributed by atoms with Crippen molar-refractivity contribution < 1.29 is 14.3 Å². The minimum Gasteiger partial charge on any atom is -0.465 e. The van der Waals surface area contributed by atoms with Crippen LogP contribution in [0.3, 0.4) is 0 Å². The Kier molecular flexibility index (Phi) is 11.2. The maximum Gasteiger partial charge on any atom is 0.316 e. The van der Waals surface area contributed by atoms with E-state index in [0.29, 0.717) is 19.4 Å². The number of ether oxygens (including phenoxy) is 1. The van der Waals surface area contributed by atoms with Crippen molar-refractivity contribution in [2.75, 3.05) is 6.61 Å². The number of rotatable bonds is 11. The molecule has 0 N–H and O–H groups in total. The number of carbonyl (C=O) groups is 2. The first kappa shape index (κ1) is 17.9. The molecule has 0 aromatic carbocycles. The van der Waals surface area contributed by atoms with Crippen LogP contribution in [0.25, 0.3) is 0 Å². The van der Waals surface area contributed by atoms with Crippen LogP contribution in [0.4, 0.5) is 0 Å². The Labute approximate surface area is 117 Å². The molecule has 0 aliphatic rings. The van der Waals surface area contributed by atoms with E-state index in [9.17, 15) is 9.59 Å². The highest BCUT2D eigenvalue weighted by Crippen LogP contribution is 2.13. The van der Waals surface area contributed by atoms with Gasteiger partial charge in [-0.3, -0.25) is 9.59 Å². The molecule has 0 bridgehead atoms. The zero-order valence-electron chi connectivity index (χ0n) is 12.6. The lowest BCUT2D eigenvalue weighted by Gasteiger charge is -2.13. The summed E-state index contributed by atoms with van der Waals surface area (Å²) in [7, 11) is 0. The summed E-state index contributed by atoms with van der Waals surface area (Å²) >= 11 is 0. The Morgan fingerprint density at radius 1 is 1.05 bits per heavy atom. The topological polar surface area (TPSA) is 43.4 Å². The quantitative estimate of drug-likeness (QED) is 0.246. The standard InChI is InChI=1S/C16H28O3/c1-4-7-9-12-14(15(17)11-6-3)16(18)19-13-10-8-5-2/h7,9,14H,4-6,8,10-13H2,1-3H3. The average Bonchev–Trinajstić information content (AvgIpc) is 2.39. The van der Waals surface area contributed by atoms with Gasteiger partial charge in [0, 0.05) is 6.42 Å². The molecule has 0 aliphatic heterocycles. The minimum absolute atomic E-state index is 0.00347. The van der Waals surface area contributed by atoms with Gasteiger partial charge >= 0.3 is 5.97 Å². The maximum atomic E-state index is 11.9. The average molecular weight is 268 g/mol. The summed E-state index contributed by atoms with van der Waals surface area (Å²) in [6, 6.07) is 0. The number of carbonyl (C=O) groups excluding carboxylic acids is 2. The zero-order chi connectivity index (χ0) is 14.5. The van der Waals surface area contributed by atoms with Gasteiger partial charge in [-0.25, -0.2) is 0 Å². The molecule has 0 aromatic rings. The second-order valence-electron chi connectivity index (χ2n) is 4.76. The maximum absolute atomic E-state index is 11.9. The molecule has 1 unspecified atom stereocenters. The monoisotopic (exact) mass is 268 g/mol. The van der Waals surface area contributed by atoms with E-state index in [1.807, 2.05) is 26.0 Å². The number of hydrogen-bond donors (Lipinski definition) is 0. The third kappa shape index (κ3) is 8.57. The molecular weight excluding hydrogens is 240 g/mol. The van der Waals surface area contributed by atoms with Crippen LogP contribution in [-0.4, -0.2) is 18.4 Å². The summed E-state index contributed by atoms with van der Waals surface area (Å²) in [5, 5.41) is 0. The second kappa shape index (κ2) is 11.9. The smallest absolute Gasteiger partial charge is 0.316 e. The van der Waals surface area contributed by atoms with Crippen LogP contribution in [0.15, 0.2) is 12.2 Å². The van der Waals surface area contributed by atoms with Gasteiger partial charge in [0.2, 0.25) is 0 Å². The number of allylic oxidation sites excluding steroid dienone is 2. The first-order valence-electron chi connectivity index (χ1n) is 7.51. The molecule has 0 aromatic heterocycles. The highest BCUT2D eigenvalue weighted by molar-refractivity contribution is 5.99. The van der Waals surface area contributed by atoms with E-state index in [0.717, 1.165) is 32.1 Å².